The smallest absolute Gasteiger partial charge is 0.319 e. The number of hydrogen-bond acceptors (Lipinski definition) is 4. The monoisotopic (exact) mass is 262 g/mol. The van der Waals surface area contributed by atoms with E-state index < -0.39 is 10.7 Å². The van der Waals surface area contributed by atoms with E-state index in [1.54, 1.807) is 20.8 Å². The molecule has 0 radical (unpaired) electrons. The molecular weight excluding hydrogens is 240 g/mol. The van der Waals surface area contributed by atoms with Gasteiger partial charge in [0.25, 0.3) is 0 Å². The Hall–Kier alpha value is -0.710. The number of carboxylic acids is 1. The molecule has 100 valence electrons. The maximum atomic E-state index is 11.0. The van der Waals surface area contributed by atoms with Crippen molar-refractivity contribution in [3.05, 3.63) is 0 Å². The largest absolute Gasteiger partial charge is 0.480 e. The van der Waals surface area contributed by atoms with E-state index in [2.05, 4.69) is 0 Å². The zero-order chi connectivity index (χ0) is 13.3. The number of esters is 1. The molecule has 0 aliphatic carbocycles. The van der Waals surface area contributed by atoms with Gasteiger partial charge in [0.2, 0.25) is 0 Å². The highest BCUT2D eigenvalue weighted by molar-refractivity contribution is 8.01. The highest BCUT2D eigenvalue weighted by Crippen LogP contribution is 2.25. The van der Waals surface area contributed by atoms with Gasteiger partial charge in [0.1, 0.15) is 4.75 Å². The number of rotatable bonds is 9. The first-order valence-electron chi connectivity index (χ1n) is 5.93. The Morgan fingerprint density at radius 3 is 2.41 bits per heavy atom. The minimum absolute atomic E-state index is 0.147. The fourth-order valence-corrected chi connectivity index (χ4v) is 2.15. The molecular formula is C12H22O4S. The van der Waals surface area contributed by atoms with Crippen LogP contribution in [0.25, 0.3) is 0 Å². The molecule has 0 heterocycles. The van der Waals surface area contributed by atoms with Crippen LogP contribution in [0.15, 0.2) is 0 Å². The molecule has 0 fully saturated rings. The normalized spacial score (nSPS) is 11.2. The molecule has 0 aromatic carbocycles. The van der Waals surface area contributed by atoms with Crippen LogP contribution in [0.5, 0.6) is 0 Å². The topological polar surface area (TPSA) is 63.6 Å². The molecule has 0 saturated carbocycles. The highest BCUT2D eigenvalue weighted by Gasteiger charge is 2.26. The first-order chi connectivity index (χ1) is 7.90. The predicted molar refractivity (Wildman–Crippen MR) is 69.3 cm³/mol. The van der Waals surface area contributed by atoms with Gasteiger partial charge in [-0.05, 0) is 39.4 Å². The van der Waals surface area contributed by atoms with Crippen LogP contribution < -0.4 is 0 Å². The lowest BCUT2D eigenvalue weighted by molar-refractivity contribution is -0.143. The van der Waals surface area contributed by atoms with Gasteiger partial charge in [-0.3, -0.25) is 9.59 Å². The molecule has 0 aromatic rings. The van der Waals surface area contributed by atoms with Crippen molar-refractivity contribution in [2.24, 2.45) is 0 Å². The Morgan fingerprint density at radius 2 is 1.88 bits per heavy atom. The zero-order valence-corrected chi connectivity index (χ0v) is 11.6. The third-order valence-corrected chi connectivity index (χ3v) is 3.70. The lowest BCUT2D eigenvalue weighted by atomic mass is 10.2. The summed E-state index contributed by atoms with van der Waals surface area (Å²) in [5, 5.41) is 8.89. The maximum Gasteiger partial charge on any atom is 0.319 e. The van der Waals surface area contributed by atoms with Crippen LogP contribution in [0.2, 0.25) is 0 Å². The third-order valence-electron chi connectivity index (χ3n) is 2.31. The van der Waals surface area contributed by atoms with E-state index in [4.69, 9.17) is 9.84 Å². The molecule has 17 heavy (non-hydrogen) atoms. The molecule has 0 bridgehead atoms. The summed E-state index contributed by atoms with van der Waals surface area (Å²) in [7, 11) is 0. The number of carbonyl (C=O) groups excluding carboxylic acids is 1. The second kappa shape index (κ2) is 8.39. The summed E-state index contributed by atoms with van der Waals surface area (Å²) in [6.45, 7) is 5.64. The van der Waals surface area contributed by atoms with Crippen molar-refractivity contribution in [1.29, 1.82) is 0 Å². The number of carboxylic acid groups (broad SMARTS) is 1. The van der Waals surface area contributed by atoms with Crippen molar-refractivity contribution < 1.29 is 19.4 Å². The minimum Gasteiger partial charge on any atom is -0.480 e. The van der Waals surface area contributed by atoms with E-state index in [9.17, 15) is 9.59 Å². The number of aliphatic carboxylic acids is 1. The molecule has 0 aromatic heterocycles. The molecule has 4 nitrogen and oxygen atoms in total. The molecule has 5 heteroatoms. The van der Waals surface area contributed by atoms with Gasteiger partial charge in [0, 0.05) is 6.42 Å². The molecule has 1 N–H and O–H groups in total. The lowest BCUT2D eigenvalue weighted by Gasteiger charge is -2.17. The number of carbonyl (C=O) groups is 2. The molecule has 0 unspecified atom stereocenters. The summed E-state index contributed by atoms with van der Waals surface area (Å²) in [5.41, 5.74) is 0. The molecule has 0 spiro atoms. The number of ether oxygens (including phenoxy) is 1. The standard InChI is InChI=1S/C12H22O4S/c1-4-16-10(13)8-6-5-7-9-17-12(2,3)11(14)15/h4-9H2,1-3H3,(H,14,15). The van der Waals surface area contributed by atoms with E-state index in [0.29, 0.717) is 13.0 Å². The Kier molecular flexibility index (Phi) is 8.04. The first-order valence-corrected chi connectivity index (χ1v) is 6.91. The van der Waals surface area contributed by atoms with E-state index >= 15 is 0 Å². The van der Waals surface area contributed by atoms with Gasteiger partial charge < -0.3 is 9.84 Å². The highest BCUT2D eigenvalue weighted by atomic mass is 32.2. The second-order valence-electron chi connectivity index (χ2n) is 4.28. The molecule has 0 rings (SSSR count). The molecule has 0 aliphatic heterocycles. The molecule has 0 atom stereocenters. The quantitative estimate of drug-likeness (QED) is 0.511. The van der Waals surface area contributed by atoms with E-state index in [0.717, 1.165) is 25.0 Å². The van der Waals surface area contributed by atoms with Gasteiger partial charge in [-0.15, -0.1) is 11.8 Å². The third kappa shape index (κ3) is 8.07. The maximum absolute atomic E-state index is 11.0. The Labute approximate surface area is 107 Å². The number of unbranched alkanes of at least 4 members (excludes halogenated alkanes) is 2. The summed E-state index contributed by atoms with van der Waals surface area (Å²) in [6.07, 6.45) is 3.13. The summed E-state index contributed by atoms with van der Waals surface area (Å²) in [5.74, 6) is -0.123. The van der Waals surface area contributed by atoms with Gasteiger partial charge in [0.15, 0.2) is 0 Å². The van der Waals surface area contributed by atoms with Gasteiger partial charge in [-0.25, -0.2) is 0 Å². The average molecular weight is 262 g/mol. The number of thioether (sulfide) groups is 1. The van der Waals surface area contributed by atoms with E-state index in [1.165, 1.54) is 11.8 Å². The lowest BCUT2D eigenvalue weighted by Crippen LogP contribution is -2.27. The zero-order valence-electron chi connectivity index (χ0n) is 10.8. The Balaban J connectivity index is 3.47. The van der Waals surface area contributed by atoms with Crippen molar-refractivity contribution in [3.8, 4) is 0 Å². The van der Waals surface area contributed by atoms with Crippen LogP contribution in [0.1, 0.15) is 46.5 Å². The molecule has 0 aliphatic rings. The summed E-state index contributed by atoms with van der Waals surface area (Å²) in [6, 6.07) is 0. The number of hydrogen-bond donors (Lipinski definition) is 1. The van der Waals surface area contributed by atoms with Crippen molar-refractivity contribution >= 4 is 23.7 Å². The van der Waals surface area contributed by atoms with Crippen molar-refractivity contribution in [2.45, 2.75) is 51.2 Å². The first kappa shape index (κ1) is 16.3. The Bertz CT molecular complexity index is 251. The second-order valence-corrected chi connectivity index (χ2v) is 6.00. The van der Waals surface area contributed by atoms with Crippen LogP contribution in [0.3, 0.4) is 0 Å². The predicted octanol–water partition coefficient (Wildman–Crippen LogP) is 2.71. The van der Waals surface area contributed by atoms with Gasteiger partial charge in [-0.1, -0.05) is 6.42 Å². The fraction of sp³-hybridized carbons (Fsp3) is 0.833. The van der Waals surface area contributed by atoms with Crippen LogP contribution in [0, 0.1) is 0 Å². The van der Waals surface area contributed by atoms with Crippen LogP contribution in [-0.2, 0) is 14.3 Å². The summed E-state index contributed by atoms with van der Waals surface area (Å²) in [4.78, 5) is 21.8. The van der Waals surface area contributed by atoms with Gasteiger partial charge in [0.05, 0.1) is 6.61 Å². The van der Waals surface area contributed by atoms with E-state index in [-0.39, 0.29) is 5.97 Å². The van der Waals surface area contributed by atoms with Crippen LogP contribution >= 0.6 is 11.8 Å². The minimum atomic E-state index is -0.783. The molecule has 0 amide bonds. The summed E-state index contributed by atoms with van der Waals surface area (Å²) < 4.78 is 4.09. The fourth-order valence-electron chi connectivity index (χ4n) is 1.17. The molecule has 0 saturated heterocycles. The Morgan fingerprint density at radius 1 is 1.24 bits per heavy atom. The van der Waals surface area contributed by atoms with Crippen LogP contribution in [0.4, 0.5) is 0 Å². The van der Waals surface area contributed by atoms with Crippen LogP contribution in [-0.4, -0.2) is 34.2 Å². The van der Waals surface area contributed by atoms with Crippen molar-refractivity contribution in [1.82, 2.24) is 0 Å². The van der Waals surface area contributed by atoms with Gasteiger partial charge >= 0.3 is 11.9 Å². The van der Waals surface area contributed by atoms with Crippen molar-refractivity contribution in [3.63, 3.8) is 0 Å². The van der Waals surface area contributed by atoms with Crippen molar-refractivity contribution in [2.75, 3.05) is 12.4 Å². The average Bonchev–Trinajstić information content (AvgIpc) is 2.23. The van der Waals surface area contributed by atoms with E-state index in [1.807, 2.05) is 0 Å². The van der Waals surface area contributed by atoms with Gasteiger partial charge in [-0.2, -0.15) is 0 Å². The SMILES string of the molecule is CCOC(=O)CCCCCSC(C)(C)C(=O)O. The summed E-state index contributed by atoms with van der Waals surface area (Å²) >= 11 is 1.44.